The normalized spacial score (nSPS) is 12.9. The third-order valence-electron chi connectivity index (χ3n) is 3.03. The molecule has 1 aromatic carbocycles. The standard InChI is InChI=1S/C13H16N2O/c1-8(14-3)12-9(2)15-13(16)11-7-5-4-6-10(11)12/h4-8,14H,1-3H3,(H,15,16). The van der Waals surface area contributed by atoms with Crippen LogP contribution in [0, 0.1) is 6.92 Å². The molecule has 0 saturated heterocycles. The fourth-order valence-corrected chi connectivity index (χ4v) is 2.13. The highest BCUT2D eigenvalue weighted by Gasteiger charge is 2.12. The van der Waals surface area contributed by atoms with E-state index in [9.17, 15) is 4.79 Å². The monoisotopic (exact) mass is 216 g/mol. The molecule has 0 radical (unpaired) electrons. The minimum atomic E-state index is -0.0137. The Labute approximate surface area is 94.5 Å². The highest BCUT2D eigenvalue weighted by molar-refractivity contribution is 5.85. The van der Waals surface area contributed by atoms with Crippen molar-refractivity contribution in [2.24, 2.45) is 0 Å². The molecule has 84 valence electrons. The van der Waals surface area contributed by atoms with Crippen LogP contribution in [-0.4, -0.2) is 12.0 Å². The molecular formula is C13H16N2O. The van der Waals surface area contributed by atoms with Gasteiger partial charge in [-0.05, 0) is 37.9 Å². The second-order valence-electron chi connectivity index (χ2n) is 4.05. The van der Waals surface area contributed by atoms with Gasteiger partial charge >= 0.3 is 0 Å². The fraction of sp³-hybridized carbons (Fsp3) is 0.308. The van der Waals surface area contributed by atoms with Crippen molar-refractivity contribution in [2.75, 3.05) is 7.05 Å². The number of pyridine rings is 1. The summed E-state index contributed by atoms with van der Waals surface area (Å²) >= 11 is 0. The van der Waals surface area contributed by atoms with Crippen LogP contribution in [-0.2, 0) is 0 Å². The lowest BCUT2D eigenvalue weighted by atomic mass is 9.99. The molecule has 1 unspecified atom stereocenters. The third-order valence-corrected chi connectivity index (χ3v) is 3.03. The van der Waals surface area contributed by atoms with E-state index in [2.05, 4.69) is 17.2 Å². The van der Waals surface area contributed by atoms with Crippen molar-refractivity contribution in [3.63, 3.8) is 0 Å². The molecule has 3 nitrogen and oxygen atoms in total. The summed E-state index contributed by atoms with van der Waals surface area (Å²) in [5.41, 5.74) is 2.09. The van der Waals surface area contributed by atoms with E-state index in [4.69, 9.17) is 0 Å². The van der Waals surface area contributed by atoms with Gasteiger partial charge < -0.3 is 10.3 Å². The lowest BCUT2D eigenvalue weighted by Gasteiger charge is -2.16. The maximum atomic E-state index is 11.8. The Morgan fingerprint density at radius 2 is 1.88 bits per heavy atom. The van der Waals surface area contributed by atoms with Crippen molar-refractivity contribution in [1.82, 2.24) is 10.3 Å². The second-order valence-corrected chi connectivity index (χ2v) is 4.05. The third kappa shape index (κ3) is 1.63. The number of rotatable bonds is 2. The summed E-state index contributed by atoms with van der Waals surface area (Å²) in [5, 5.41) is 5.00. The van der Waals surface area contributed by atoms with E-state index in [1.165, 1.54) is 0 Å². The van der Waals surface area contributed by atoms with Gasteiger partial charge in [-0.25, -0.2) is 0 Å². The van der Waals surface area contributed by atoms with Crippen molar-refractivity contribution in [3.8, 4) is 0 Å². The molecule has 2 aromatic rings. The highest BCUT2D eigenvalue weighted by Crippen LogP contribution is 2.23. The van der Waals surface area contributed by atoms with Crippen molar-refractivity contribution in [1.29, 1.82) is 0 Å². The zero-order valence-corrected chi connectivity index (χ0v) is 9.79. The number of H-pyrrole nitrogens is 1. The molecule has 16 heavy (non-hydrogen) atoms. The fourth-order valence-electron chi connectivity index (χ4n) is 2.13. The van der Waals surface area contributed by atoms with Gasteiger partial charge in [0, 0.05) is 17.1 Å². The van der Waals surface area contributed by atoms with Gasteiger partial charge in [0.05, 0.1) is 0 Å². The van der Waals surface area contributed by atoms with Gasteiger partial charge in [0.1, 0.15) is 0 Å². The second kappa shape index (κ2) is 4.10. The predicted molar refractivity (Wildman–Crippen MR) is 66.8 cm³/mol. The van der Waals surface area contributed by atoms with Crippen LogP contribution in [0.1, 0.15) is 24.2 Å². The van der Waals surface area contributed by atoms with Crippen LogP contribution in [0.4, 0.5) is 0 Å². The lowest BCUT2D eigenvalue weighted by molar-refractivity contribution is 0.649. The van der Waals surface area contributed by atoms with E-state index in [-0.39, 0.29) is 11.6 Å². The number of hydrogen-bond donors (Lipinski definition) is 2. The summed E-state index contributed by atoms with van der Waals surface area (Å²) in [6.07, 6.45) is 0. The Balaban J connectivity index is 2.87. The maximum absolute atomic E-state index is 11.8. The molecule has 0 saturated carbocycles. The average Bonchev–Trinajstić information content (AvgIpc) is 2.28. The Morgan fingerprint density at radius 1 is 1.25 bits per heavy atom. The van der Waals surface area contributed by atoms with E-state index < -0.39 is 0 Å². The summed E-state index contributed by atoms with van der Waals surface area (Å²) in [5.74, 6) is 0. The van der Waals surface area contributed by atoms with Gasteiger partial charge in [-0.2, -0.15) is 0 Å². The number of aromatic amines is 1. The maximum Gasteiger partial charge on any atom is 0.256 e. The van der Waals surface area contributed by atoms with Gasteiger partial charge in [-0.1, -0.05) is 18.2 Å². The van der Waals surface area contributed by atoms with Gasteiger partial charge in [-0.3, -0.25) is 4.79 Å². The number of fused-ring (bicyclic) bond motifs is 1. The molecular weight excluding hydrogens is 200 g/mol. The molecule has 0 aliphatic heterocycles. The van der Waals surface area contributed by atoms with Crippen molar-refractivity contribution < 1.29 is 0 Å². The first-order valence-electron chi connectivity index (χ1n) is 5.44. The van der Waals surface area contributed by atoms with Crippen LogP contribution in [0.5, 0.6) is 0 Å². The zero-order chi connectivity index (χ0) is 11.7. The highest BCUT2D eigenvalue weighted by atomic mass is 16.1. The van der Waals surface area contributed by atoms with Crippen molar-refractivity contribution in [2.45, 2.75) is 19.9 Å². The molecule has 0 amide bonds. The summed E-state index contributed by atoms with van der Waals surface area (Å²) in [6.45, 7) is 4.03. The van der Waals surface area contributed by atoms with Gasteiger partial charge in [0.2, 0.25) is 0 Å². The van der Waals surface area contributed by atoms with Crippen LogP contribution in [0.25, 0.3) is 10.8 Å². The van der Waals surface area contributed by atoms with E-state index in [0.29, 0.717) is 0 Å². The van der Waals surface area contributed by atoms with Crippen molar-refractivity contribution in [3.05, 3.63) is 45.9 Å². The Hall–Kier alpha value is -1.61. The largest absolute Gasteiger partial charge is 0.326 e. The zero-order valence-electron chi connectivity index (χ0n) is 9.79. The minimum absolute atomic E-state index is 0.0137. The molecule has 0 bridgehead atoms. The summed E-state index contributed by atoms with van der Waals surface area (Å²) in [6, 6.07) is 7.94. The molecule has 0 aliphatic carbocycles. The van der Waals surface area contributed by atoms with E-state index in [1.54, 1.807) is 0 Å². The number of hydrogen-bond acceptors (Lipinski definition) is 2. The summed E-state index contributed by atoms with van der Waals surface area (Å²) < 4.78 is 0. The van der Waals surface area contributed by atoms with Crippen LogP contribution >= 0.6 is 0 Å². The van der Waals surface area contributed by atoms with Gasteiger partial charge in [0.15, 0.2) is 0 Å². The van der Waals surface area contributed by atoms with Crippen molar-refractivity contribution >= 4 is 10.8 Å². The molecule has 3 heteroatoms. The SMILES string of the molecule is CNC(C)c1c(C)[nH]c(=O)c2ccccc12. The molecule has 1 aromatic heterocycles. The van der Waals surface area contributed by atoms with E-state index >= 15 is 0 Å². The van der Waals surface area contributed by atoms with E-state index in [1.807, 2.05) is 38.2 Å². The van der Waals surface area contributed by atoms with Crippen LogP contribution in [0.2, 0.25) is 0 Å². The predicted octanol–water partition coefficient (Wildman–Crippen LogP) is 2.12. The first-order valence-corrected chi connectivity index (χ1v) is 5.44. The number of aryl methyl sites for hydroxylation is 1. The quantitative estimate of drug-likeness (QED) is 0.807. The molecule has 0 fully saturated rings. The minimum Gasteiger partial charge on any atom is -0.326 e. The van der Waals surface area contributed by atoms with Crippen LogP contribution in [0.15, 0.2) is 29.1 Å². The summed E-state index contributed by atoms with van der Waals surface area (Å²) in [7, 11) is 1.92. The summed E-state index contributed by atoms with van der Waals surface area (Å²) in [4.78, 5) is 14.7. The number of nitrogens with one attached hydrogen (secondary N) is 2. The van der Waals surface area contributed by atoms with Gasteiger partial charge in [0.25, 0.3) is 5.56 Å². The lowest BCUT2D eigenvalue weighted by Crippen LogP contribution is -2.18. The number of benzene rings is 1. The Kier molecular flexibility index (Phi) is 2.79. The first kappa shape index (κ1) is 10.9. The smallest absolute Gasteiger partial charge is 0.256 e. The average molecular weight is 216 g/mol. The van der Waals surface area contributed by atoms with Crippen LogP contribution in [0.3, 0.4) is 0 Å². The molecule has 1 heterocycles. The van der Waals surface area contributed by atoms with Gasteiger partial charge in [-0.15, -0.1) is 0 Å². The molecule has 0 aliphatic rings. The molecule has 0 spiro atoms. The topological polar surface area (TPSA) is 44.9 Å². The molecule has 1 atom stereocenters. The Bertz CT molecular complexity index is 572. The Morgan fingerprint density at radius 3 is 2.50 bits per heavy atom. The number of aromatic nitrogens is 1. The van der Waals surface area contributed by atoms with Crippen LogP contribution < -0.4 is 10.9 Å². The molecule has 2 N–H and O–H groups in total. The van der Waals surface area contributed by atoms with E-state index in [0.717, 1.165) is 22.0 Å². The first-order chi connectivity index (χ1) is 7.65. The molecule has 2 rings (SSSR count).